The fraction of sp³-hybridized carbons (Fsp3) is 0.125. The highest BCUT2D eigenvalue weighted by molar-refractivity contribution is 5.68. The predicted molar refractivity (Wildman–Crippen MR) is 80.9 cm³/mol. The van der Waals surface area contributed by atoms with E-state index in [1.165, 1.54) is 5.56 Å². The molecule has 0 atom stereocenters. The van der Waals surface area contributed by atoms with Crippen molar-refractivity contribution >= 4 is 5.69 Å². The van der Waals surface area contributed by atoms with Gasteiger partial charge in [-0.05, 0) is 19.1 Å². The second-order valence-electron chi connectivity index (χ2n) is 4.75. The quantitative estimate of drug-likeness (QED) is 0.745. The first-order chi connectivity index (χ1) is 10.2. The monoisotopic (exact) mass is 281 g/mol. The third kappa shape index (κ3) is 2.58. The molecule has 3 aromatic rings. The van der Waals surface area contributed by atoms with Crippen molar-refractivity contribution in [3.8, 4) is 28.6 Å². The topological polar surface area (TPSA) is 74.2 Å². The highest BCUT2D eigenvalue weighted by atomic mass is 16.5. The molecule has 1 heterocycles. The van der Waals surface area contributed by atoms with Gasteiger partial charge in [0.15, 0.2) is 0 Å². The number of benzene rings is 2. The van der Waals surface area contributed by atoms with Crippen molar-refractivity contribution in [3.63, 3.8) is 0 Å². The van der Waals surface area contributed by atoms with Crippen molar-refractivity contribution < 1.29 is 9.26 Å². The van der Waals surface area contributed by atoms with Crippen LogP contribution < -0.4 is 10.5 Å². The average Bonchev–Trinajstić information content (AvgIpc) is 2.97. The lowest BCUT2D eigenvalue weighted by Crippen LogP contribution is -1.91. The fourth-order valence-corrected chi connectivity index (χ4v) is 2.04. The van der Waals surface area contributed by atoms with E-state index in [0.29, 0.717) is 23.2 Å². The largest absolute Gasteiger partial charge is 0.496 e. The summed E-state index contributed by atoms with van der Waals surface area (Å²) in [6, 6.07) is 13.2. The third-order valence-electron chi connectivity index (χ3n) is 3.19. The summed E-state index contributed by atoms with van der Waals surface area (Å²) in [7, 11) is 1.58. The predicted octanol–water partition coefficient (Wildman–Crippen LogP) is 3.30. The van der Waals surface area contributed by atoms with Gasteiger partial charge in [-0.2, -0.15) is 4.98 Å². The van der Waals surface area contributed by atoms with E-state index in [1.54, 1.807) is 25.3 Å². The summed E-state index contributed by atoms with van der Waals surface area (Å²) < 4.78 is 10.6. The van der Waals surface area contributed by atoms with Gasteiger partial charge in [0.1, 0.15) is 5.75 Å². The third-order valence-corrected chi connectivity index (χ3v) is 3.19. The number of aryl methyl sites for hydroxylation is 1. The van der Waals surface area contributed by atoms with E-state index in [2.05, 4.69) is 10.1 Å². The van der Waals surface area contributed by atoms with E-state index in [1.807, 2.05) is 31.2 Å². The number of anilines is 1. The van der Waals surface area contributed by atoms with Crippen molar-refractivity contribution in [2.45, 2.75) is 6.92 Å². The summed E-state index contributed by atoms with van der Waals surface area (Å²) in [5.41, 5.74) is 9.17. The molecular weight excluding hydrogens is 266 g/mol. The average molecular weight is 281 g/mol. The van der Waals surface area contributed by atoms with Crippen molar-refractivity contribution in [2.24, 2.45) is 0 Å². The Morgan fingerprint density at radius 2 is 1.86 bits per heavy atom. The lowest BCUT2D eigenvalue weighted by atomic mass is 10.1. The number of ether oxygens (including phenoxy) is 1. The van der Waals surface area contributed by atoms with Gasteiger partial charge < -0.3 is 15.0 Å². The normalized spacial score (nSPS) is 10.6. The summed E-state index contributed by atoms with van der Waals surface area (Å²) in [4.78, 5) is 4.42. The molecule has 0 saturated heterocycles. The maximum Gasteiger partial charge on any atom is 0.262 e. The molecule has 0 amide bonds. The second-order valence-corrected chi connectivity index (χ2v) is 4.75. The van der Waals surface area contributed by atoms with E-state index >= 15 is 0 Å². The lowest BCUT2D eigenvalue weighted by Gasteiger charge is -2.05. The first kappa shape index (κ1) is 13.2. The SMILES string of the molecule is COc1cc(N)ccc1-c1nc(-c2ccc(C)cc2)no1. The Labute approximate surface area is 122 Å². The maximum absolute atomic E-state index is 5.74. The molecular formula is C16H15N3O2. The number of methoxy groups -OCH3 is 1. The number of hydrogen-bond acceptors (Lipinski definition) is 5. The van der Waals surface area contributed by atoms with Crippen LogP contribution in [0.25, 0.3) is 22.8 Å². The Bertz CT molecular complexity index is 763. The highest BCUT2D eigenvalue weighted by Crippen LogP contribution is 2.31. The molecule has 0 bridgehead atoms. The Morgan fingerprint density at radius 3 is 2.57 bits per heavy atom. The molecule has 0 saturated carbocycles. The van der Waals surface area contributed by atoms with E-state index in [4.69, 9.17) is 15.0 Å². The lowest BCUT2D eigenvalue weighted by molar-refractivity contribution is 0.405. The van der Waals surface area contributed by atoms with E-state index < -0.39 is 0 Å². The molecule has 0 radical (unpaired) electrons. The molecule has 106 valence electrons. The summed E-state index contributed by atoms with van der Waals surface area (Å²) in [5, 5.41) is 4.02. The van der Waals surface area contributed by atoms with E-state index in [9.17, 15) is 0 Å². The van der Waals surface area contributed by atoms with Gasteiger partial charge in [-0.25, -0.2) is 0 Å². The van der Waals surface area contributed by atoms with Crippen LogP contribution in [0.4, 0.5) is 5.69 Å². The number of nitrogens with two attached hydrogens (primary N) is 1. The van der Waals surface area contributed by atoms with Gasteiger partial charge in [0.05, 0.1) is 12.7 Å². The highest BCUT2D eigenvalue weighted by Gasteiger charge is 2.14. The zero-order chi connectivity index (χ0) is 14.8. The van der Waals surface area contributed by atoms with Crippen LogP contribution in [0.1, 0.15) is 5.56 Å². The molecule has 0 aliphatic heterocycles. The number of rotatable bonds is 3. The van der Waals surface area contributed by atoms with Crippen molar-refractivity contribution in [1.82, 2.24) is 10.1 Å². The molecule has 21 heavy (non-hydrogen) atoms. The molecule has 1 aromatic heterocycles. The smallest absolute Gasteiger partial charge is 0.262 e. The van der Waals surface area contributed by atoms with Gasteiger partial charge in [0.2, 0.25) is 5.82 Å². The van der Waals surface area contributed by atoms with Crippen LogP contribution >= 0.6 is 0 Å². The standard InChI is InChI=1S/C16H15N3O2/c1-10-3-5-11(6-4-10)15-18-16(21-19-15)13-8-7-12(17)9-14(13)20-2/h3-9H,17H2,1-2H3. The van der Waals surface area contributed by atoms with Crippen molar-refractivity contribution in [3.05, 3.63) is 48.0 Å². The molecule has 2 aromatic carbocycles. The van der Waals surface area contributed by atoms with Gasteiger partial charge in [0, 0.05) is 17.3 Å². The molecule has 3 rings (SSSR count). The van der Waals surface area contributed by atoms with Crippen LogP contribution in [-0.2, 0) is 0 Å². The van der Waals surface area contributed by atoms with E-state index in [0.717, 1.165) is 11.1 Å². The molecule has 5 nitrogen and oxygen atoms in total. The Balaban J connectivity index is 2.00. The maximum atomic E-state index is 5.74. The Kier molecular flexibility index (Phi) is 3.31. The Hall–Kier alpha value is -2.82. The van der Waals surface area contributed by atoms with Gasteiger partial charge in [-0.1, -0.05) is 35.0 Å². The van der Waals surface area contributed by atoms with Crippen molar-refractivity contribution in [2.75, 3.05) is 12.8 Å². The zero-order valence-electron chi connectivity index (χ0n) is 11.8. The van der Waals surface area contributed by atoms with Crippen LogP contribution in [0.2, 0.25) is 0 Å². The summed E-state index contributed by atoms with van der Waals surface area (Å²) in [6.45, 7) is 2.03. The molecule has 2 N–H and O–H groups in total. The zero-order valence-corrected chi connectivity index (χ0v) is 11.8. The van der Waals surface area contributed by atoms with Crippen LogP contribution in [0.15, 0.2) is 47.0 Å². The van der Waals surface area contributed by atoms with Crippen LogP contribution in [0.5, 0.6) is 5.75 Å². The van der Waals surface area contributed by atoms with Gasteiger partial charge in [-0.3, -0.25) is 0 Å². The second kappa shape index (κ2) is 5.28. The molecule has 0 unspecified atom stereocenters. The molecule has 0 spiro atoms. The first-order valence-corrected chi connectivity index (χ1v) is 6.52. The minimum absolute atomic E-state index is 0.405. The van der Waals surface area contributed by atoms with Gasteiger partial charge in [0.25, 0.3) is 5.89 Å². The summed E-state index contributed by atoms with van der Waals surface area (Å²) >= 11 is 0. The fourth-order valence-electron chi connectivity index (χ4n) is 2.04. The molecule has 0 aliphatic carbocycles. The minimum atomic E-state index is 0.405. The Morgan fingerprint density at radius 1 is 1.10 bits per heavy atom. The molecule has 0 fully saturated rings. The summed E-state index contributed by atoms with van der Waals surface area (Å²) in [6.07, 6.45) is 0. The minimum Gasteiger partial charge on any atom is -0.496 e. The van der Waals surface area contributed by atoms with E-state index in [-0.39, 0.29) is 0 Å². The van der Waals surface area contributed by atoms with Crippen LogP contribution in [0.3, 0.4) is 0 Å². The van der Waals surface area contributed by atoms with Crippen LogP contribution in [0, 0.1) is 6.92 Å². The van der Waals surface area contributed by atoms with Gasteiger partial charge in [-0.15, -0.1) is 0 Å². The molecule has 5 heteroatoms. The van der Waals surface area contributed by atoms with Gasteiger partial charge >= 0.3 is 0 Å². The number of aromatic nitrogens is 2. The summed E-state index contributed by atoms with van der Waals surface area (Å²) in [5.74, 6) is 1.56. The number of nitrogens with zero attached hydrogens (tertiary/aromatic N) is 2. The first-order valence-electron chi connectivity index (χ1n) is 6.52. The van der Waals surface area contributed by atoms with Crippen LogP contribution in [-0.4, -0.2) is 17.3 Å². The molecule has 0 aliphatic rings. The van der Waals surface area contributed by atoms with Crippen molar-refractivity contribution in [1.29, 1.82) is 0 Å². The number of nitrogen functional groups attached to an aromatic ring is 1. The number of hydrogen-bond donors (Lipinski definition) is 1.